The molecule has 0 bridgehead atoms. The average Bonchev–Trinajstić information content (AvgIpc) is 2.54. The number of anilines is 3. The van der Waals surface area contributed by atoms with E-state index in [1.807, 2.05) is 24.3 Å². The van der Waals surface area contributed by atoms with Crippen LogP contribution in [0.2, 0.25) is 0 Å². The highest BCUT2D eigenvalue weighted by Gasteiger charge is 2.08. The summed E-state index contributed by atoms with van der Waals surface area (Å²) in [5.74, 6) is 0.145. The van der Waals surface area contributed by atoms with E-state index in [2.05, 4.69) is 20.6 Å². The molecule has 0 radical (unpaired) electrons. The fraction of sp³-hybridized carbons (Fsp3) is 0.0625. The van der Waals surface area contributed by atoms with Crippen molar-refractivity contribution < 1.29 is 9.90 Å². The molecule has 0 atom stereocenters. The predicted molar refractivity (Wildman–Crippen MR) is 85.8 cm³/mol. The minimum atomic E-state index is -0.973. The average molecular weight is 294 g/mol. The van der Waals surface area contributed by atoms with Crippen LogP contribution in [0.25, 0.3) is 10.9 Å². The molecular formula is C16H14N4O2. The molecule has 6 heteroatoms. The molecule has 3 aromatic rings. The summed E-state index contributed by atoms with van der Waals surface area (Å²) in [5, 5.41) is 16.0. The lowest BCUT2D eigenvalue weighted by Crippen LogP contribution is -2.03. The summed E-state index contributed by atoms with van der Waals surface area (Å²) < 4.78 is 0. The van der Waals surface area contributed by atoms with Gasteiger partial charge < -0.3 is 15.7 Å². The molecule has 2 aromatic carbocycles. The first kappa shape index (κ1) is 13.8. The Morgan fingerprint density at radius 3 is 2.68 bits per heavy atom. The molecule has 0 aliphatic heterocycles. The second-order valence-electron chi connectivity index (χ2n) is 4.67. The number of benzene rings is 2. The highest BCUT2D eigenvalue weighted by Crippen LogP contribution is 2.23. The fourth-order valence-electron chi connectivity index (χ4n) is 2.18. The van der Waals surface area contributed by atoms with Crippen LogP contribution < -0.4 is 10.6 Å². The van der Waals surface area contributed by atoms with Gasteiger partial charge in [-0.1, -0.05) is 18.2 Å². The molecule has 3 N–H and O–H groups in total. The molecule has 0 amide bonds. The fourth-order valence-corrected chi connectivity index (χ4v) is 2.18. The van der Waals surface area contributed by atoms with E-state index in [-0.39, 0.29) is 5.56 Å². The van der Waals surface area contributed by atoms with Crippen LogP contribution in [-0.2, 0) is 0 Å². The van der Waals surface area contributed by atoms with E-state index in [1.54, 1.807) is 25.2 Å². The molecule has 0 spiro atoms. The van der Waals surface area contributed by atoms with Gasteiger partial charge in [-0.2, -0.15) is 4.98 Å². The number of para-hydroxylation sites is 1. The SMILES string of the molecule is CNc1nc(Nc2cccc(C(=O)O)c2)nc2ccccc12. The number of hydrogen-bond acceptors (Lipinski definition) is 5. The first-order valence-corrected chi connectivity index (χ1v) is 6.72. The molecule has 110 valence electrons. The second-order valence-corrected chi connectivity index (χ2v) is 4.67. The van der Waals surface area contributed by atoms with Crippen LogP contribution in [0.1, 0.15) is 10.4 Å². The Bertz CT molecular complexity index is 848. The molecule has 22 heavy (non-hydrogen) atoms. The van der Waals surface area contributed by atoms with E-state index in [0.717, 1.165) is 10.9 Å². The predicted octanol–water partition coefficient (Wildman–Crippen LogP) is 3.11. The maximum Gasteiger partial charge on any atom is 0.335 e. The van der Waals surface area contributed by atoms with E-state index in [0.29, 0.717) is 17.5 Å². The van der Waals surface area contributed by atoms with Crippen molar-refractivity contribution in [3.8, 4) is 0 Å². The summed E-state index contributed by atoms with van der Waals surface area (Å²) in [5.41, 5.74) is 1.63. The van der Waals surface area contributed by atoms with Gasteiger partial charge in [-0.3, -0.25) is 0 Å². The summed E-state index contributed by atoms with van der Waals surface area (Å²) in [6, 6.07) is 14.2. The number of carbonyl (C=O) groups is 1. The second kappa shape index (κ2) is 5.69. The van der Waals surface area contributed by atoms with Gasteiger partial charge in [0, 0.05) is 18.1 Å². The molecular weight excluding hydrogens is 280 g/mol. The van der Waals surface area contributed by atoms with Gasteiger partial charge in [0.15, 0.2) is 0 Å². The number of carboxylic acid groups (broad SMARTS) is 1. The summed E-state index contributed by atoms with van der Waals surface area (Å²) in [7, 11) is 1.80. The van der Waals surface area contributed by atoms with Crippen LogP contribution in [0.15, 0.2) is 48.5 Å². The lowest BCUT2D eigenvalue weighted by molar-refractivity contribution is 0.0697. The Balaban J connectivity index is 2.00. The zero-order valence-electron chi connectivity index (χ0n) is 11.9. The number of carboxylic acids is 1. The number of rotatable bonds is 4. The van der Waals surface area contributed by atoms with Crippen molar-refractivity contribution in [2.45, 2.75) is 0 Å². The van der Waals surface area contributed by atoms with Crippen molar-refractivity contribution in [3.05, 3.63) is 54.1 Å². The molecule has 0 fully saturated rings. The molecule has 6 nitrogen and oxygen atoms in total. The van der Waals surface area contributed by atoms with Crippen LogP contribution in [-0.4, -0.2) is 28.1 Å². The first-order chi connectivity index (χ1) is 10.7. The molecule has 3 rings (SSSR count). The van der Waals surface area contributed by atoms with E-state index in [9.17, 15) is 4.79 Å². The third-order valence-electron chi connectivity index (χ3n) is 3.21. The summed E-state index contributed by atoms with van der Waals surface area (Å²) >= 11 is 0. The van der Waals surface area contributed by atoms with Gasteiger partial charge in [0.25, 0.3) is 0 Å². The highest BCUT2D eigenvalue weighted by molar-refractivity contribution is 5.91. The molecule has 0 aliphatic rings. The van der Waals surface area contributed by atoms with Gasteiger partial charge in [-0.15, -0.1) is 0 Å². The van der Waals surface area contributed by atoms with Gasteiger partial charge in [0.2, 0.25) is 5.95 Å². The molecule has 0 aliphatic carbocycles. The summed E-state index contributed by atoms with van der Waals surface area (Å²) in [4.78, 5) is 19.9. The number of aromatic nitrogens is 2. The summed E-state index contributed by atoms with van der Waals surface area (Å²) in [6.07, 6.45) is 0. The molecule has 0 saturated heterocycles. The first-order valence-electron chi connectivity index (χ1n) is 6.72. The number of hydrogen-bond donors (Lipinski definition) is 3. The Hall–Kier alpha value is -3.15. The zero-order chi connectivity index (χ0) is 15.5. The quantitative estimate of drug-likeness (QED) is 0.685. The van der Waals surface area contributed by atoms with Crippen molar-refractivity contribution in [3.63, 3.8) is 0 Å². The van der Waals surface area contributed by atoms with Crippen molar-refractivity contribution in [1.29, 1.82) is 0 Å². The Labute approximate surface area is 126 Å². The van der Waals surface area contributed by atoms with Crippen LogP contribution >= 0.6 is 0 Å². The summed E-state index contributed by atoms with van der Waals surface area (Å²) in [6.45, 7) is 0. The number of fused-ring (bicyclic) bond motifs is 1. The maximum atomic E-state index is 11.0. The van der Waals surface area contributed by atoms with Crippen molar-refractivity contribution in [2.75, 3.05) is 17.7 Å². The van der Waals surface area contributed by atoms with E-state index in [4.69, 9.17) is 5.11 Å². The van der Waals surface area contributed by atoms with E-state index in [1.165, 1.54) is 6.07 Å². The lowest BCUT2D eigenvalue weighted by atomic mass is 10.2. The number of nitrogens with zero attached hydrogens (tertiary/aromatic N) is 2. The van der Waals surface area contributed by atoms with Gasteiger partial charge >= 0.3 is 5.97 Å². The highest BCUT2D eigenvalue weighted by atomic mass is 16.4. The molecule has 0 unspecified atom stereocenters. The molecule has 0 saturated carbocycles. The minimum Gasteiger partial charge on any atom is -0.478 e. The van der Waals surface area contributed by atoms with Crippen molar-refractivity contribution in [1.82, 2.24) is 9.97 Å². The normalized spacial score (nSPS) is 10.4. The smallest absolute Gasteiger partial charge is 0.335 e. The van der Waals surface area contributed by atoms with Gasteiger partial charge in [0.1, 0.15) is 5.82 Å². The van der Waals surface area contributed by atoms with Crippen LogP contribution in [0.4, 0.5) is 17.5 Å². The van der Waals surface area contributed by atoms with Gasteiger partial charge in [0.05, 0.1) is 11.1 Å². The number of aromatic carboxylic acids is 1. The minimum absolute atomic E-state index is 0.208. The largest absolute Gasteiger partial charge is 0.478 e. The van der Waals surface area contributed by atoms with Crippen LogP contribution in [0.5, 0.6) is 0 Å². The van der Waals surface area contributed by atoms with Gasteiger partial charge in [-0.25, -0.2) is 9.78 Å². The Morgan fingerprint density at radius 1 is 1.09 bits per heavy atom. The van der Waals surface area contributed by atoms with Crippen LogP contribution in [0, 0.1) is 0 Å². The monoisotopic (exact) mass is 294 g/mol. The maximum absolute atomic E-state index is 11.0. The number of nitrogens with one attached hydrogen (secondary N) is 2. The van der Waals surface area contributed by atoms with Crippen LogP contribution in [0.3, 0.4) is 0 Å². The van der Waals surface area contributed by atoms with Crippen molar-refractivity contribution >= 4 is 34.3 Å². The Morgan fingerprint density at radius 2 is 1.91 bits per heavy atom. The van der Waals surface area contributed by atoms with Crippen molar-refractivity contribution in [2.24, 2.45) is 0 Å². The standard InChI is InChI=1S/C16H14N4O2/c1-17-14-12-7-2-3-8-13(12)19-16(20-14)18-11-6-4-5-10(9-11)15(21)22/h2-9H,1H3,(H,21,22)(H2,17,18,19,20). The third kappa shape index (κ3) is 2.67. The topological polar surface area (TPSA) is 87.1 Å². The third-order valence-corrected chi connectivity index (χ3v) is 3.21. The Kier molecular flexibility index (Phi) is 3.57. The molecule has 1 aromatic heterocycles. The van der Waals surface area contributed by atoms with Gasteiger partial charge in [-0.05, 0) is 30.3 Å². The van der Waals surface area contributed by atoms with E-state index >= 15 is 0 Å². The lowest BCUT2D eigenvalue weighted by Gasteiger charge is -2.10. The van der Waals surface area contributed by atoms with E-state index < -0.39 is 5.97 Å². The zero-order valence-corrected chi connectivity index (χ0v) is 11.9. The molecule has 1 heterocycles.